The van der Waals surface area contributed by atoms with Gasteiger partial charge in [0.2, 0.25) is 5.88 Å². The molecule has 0 fully saturated rings. The van der Waals surface area contributed by atoms with Crippen molar-refractivity contribution in [2.75, 3.05) is 5.75 Å². The fourth-order valence-corrected chi connectivity index (χ4v) is 1.59. The number of hydrogen-bond acceptors (Lipinski definition) is 4. The Kier molecular flexibility index (Phi) is 2.77. The van der Waals surface area contributed by atoms with E-state index in [1.54, 1.807) is 0 Å². The highest BCUT2D eigenvalue weighted by atomic mass is 32.1. The zero-order valence-corrected chi connectivity index (χ0v) is 9.28. The largest absolute Gasteiger partial charge is 0.492 e. The van der Waals surface area contributed by atoms with Gasteiger partial charge in [-0.05, 0) is 17.9 Å². The summed E-state index contributed by atoms with van der Waals surface area (Å²) in [6.45, 7) is 1.96. The molecule has 0 amide bonds. The van der Waals surface area contributed by atoms with Crippen LogP contribution in [0.1, 0.15) is 18.5 Å². The van der Waals surface area contributed by atoms with Crippen LogP contribution in [0.3, 0.4) is 0 Å². The van der Waals surface area contributed by atoms with Crippen molar-refractivity contribution in [3.05, 3.63) is 30.0 Å². The first-order chi connectivity index (χ1) is 7.22. The topological polar surface area (TPSA) is 46.0 Å². The van der Waals surface area contributed by atoms with E-state index in [9.17, 15) is 5.11 Å². The summed E-state index contributed by atoms with van der Waals surface area (Å²) in [5.41, 5.74) is 2.13. The van der Waals surface area contributed by atoms with Crippen LogP contribution < -0.4 is 0 Å². The molecule has 1 aromatic heterocycles. The van der Waals surface area contributed by atoms with Gasteiger partial charge in [0.05, 0.1) is 11.0 Å². The SMILES string of the molecule is CC(CS)c1nc2ccccc2nc1O. The summed E-state index contributed by atoms with van der Waals surface area (Å²) in [6.07, 6.45) is 0. The lowest BCUT2D eigenvalue weighted by atomic mass is 10.1. The van der Waals surface area contributed by atoms with Gasteiger partial charge < -0.3 is 5.11 Å². The number of nitrogens with zero attached hydrogens (tertiary/aromatic N) is 2. The van der Waals surface area contributed by atoms with Gasteiger partial charge in [-0.1, -0.05) is 19.1 Å². The maximum Gasteiger partial charge on any atom is 0.234 e. The number of fused-ring (bicyclic) bond motifs is 1. The van der Waals surface area contributed by atoms with Crippen LogP contribution in [0, 0.1) is 0 Å². The van der Waals surface area contributed by atoms with Crippen LogP contribution in [0.2, 0.25) is 0 Å². The van der Waals surface area contributed by atoms with E-state index in [4.69, 9.17) is 0 Å². The number of benzene rings is 1. The van der Waals surface area contributed by atoms with Crippen LogP contribution in [-0.2, 0) is 0 Å². The van der Waals surface area contributed by atoms with Crippen LogP contribution in [0.5, 0.6) is 5.88 Å². The first-order valence-electron chi connectivity index (χ1n) is 4.79. The van der Waals surface area contributed by atoms with E-state index in [1.165, 1.54) is 0 Å². The summed E-state index contributed by atoms with van der Waals surface area (Å²) < 4.78 is 0. The molecule has 1 atom stereocenters. The smallest absolute Gasteiger partial charge is 0.234 e. The number of aromatic hydroxyl groups is 1. The standard InChI is InChI=1S/C11H12N2OS/c1-7(6-15)10-11(14)13-9-5-3-2-4-8(9)12-10/h2-5,7,15H,6H2,1H3,(H,13,14). The van der Waals surface area contributed by atoms with Gasteiger partial charge in [0.1, 0.15) is 5.69 Å². The van der Waals surface area contributed by atoms with Gasteiger partial charge in [-0.25, -0.2) is 9.97 Å². The Hall–Kier alpha value is -1.29. The van der Waals surface area contributed by atoms with Crippen molar-refractivity contribution in [1.29, 1.82) is 0 Å². The first-order valence-corrected chi connectivity index (χ1v) is 5.42. The molecule has 0 aliphatic rings. The fourth-order valence-electron chi connectivity index (χ4n) is 1.42. The fraction of sp³-hybridized carbons (Fsp3) is 0.273. The van der Waals surface area contributed by atoms with Gasteiger partial charge in [-0.2, -0.15) is 12.6 Å². The van der Waals surface area contributed by atoms with Crippen molar-refractivity contribution in [2.24, 2.45) is 0 Å². The van der Waals surface area contributed by atoms with E-state index in [2.05, 4.69) is 22.6 Å². The Bertz CT molecular complexity index is 487. The minimum Gasteiger partial charge on any atom is -0.492 e. The Morgan fingerprint density at radius 2 is 1.87 bits per heavy atom. The molecule has 4 heteroatoms. The second-order valence-corrected chi connectivity index (χ2v) is 3.87. The normalized spacial score (nSPS) is 12.9. The van der Waals surface area contributed by atoms with Gasteiger partial charge in [0, 0.05) is 5.92 Å². The van der Waals surface area contributed by atoms with Crippen LogP contribution >= 0.6 is 12.6 Å². The molecule has 2 aromatic rings. The summed E-state index contributed by atoms with van der Waals surface area (Å²) in [5.74, 6) is 0.751. The summed E-state index contributed by atoms with van der Waals surface area (Å²) >= 11 is 4.19. The third kappa shape index (κ3) is 1.90. The average Bonchev–Trinajstić information content (AvgIpc) is 2.27. The van der Waals surface area contributed by atoms with Gasteiger partial charge in [0.15, 0.2) is 0 Å². The predicted octanol–water partition coefficient (Wildman–Crippen LogP) is 2.37. The van der Waals surface area contributed by atoms with Crippen molar-refractivity contribution >= 4 is 23.7 Å². The second kappa shape index (κ2) is 4.06. The van der Waals surface area contributed by atoms with E-state index < -0.39 is 0 Å². The lowest BCUT2D eigenvalue weighted by Crippen LogP contribution is -2.01. The van der Waals surface area contributed by atoms with Crippen molar-refractivity contribution in [3.8, 4) is 5.88 Å². The quantitative estimate of drug-likeness (QED) is 0.764. The van der Waals surface area contributed by atoms with Crippen LogP contribution in [-0.4, -0.2) is 20.8 Å². The van der Waals surface area contributed by atoms with E-state index in [0.717, 1.165) is 5.52 Å². The molecule has 0 spiro atoms. The van der Waals surface area contributed by atoms with Crippen LogP contribution in [0.25, 0.3) is 11.0 Å². The van der Waals surface area contributed by atoms with Crippen LogP contribution in [0.15, 0.2) is 24.3 Å². The summed E-state index contributed by atoms with van der Waals surface area (Å²) in [4.78, 5) is 8.49. The zero-order chi connectivity index (χ0) is 10.8. The highest BCUT2D eigenvalue weighted by Gasteiger charge is 2.13. The molecule has 1 N–H and O–H groups in total. The molecular weight excluding hydrogens is 208 g/mol. The Morgan fingerprint density at radius 1 is 1.27 bits per heavy atom. The minimum atomic E-state index is 0.00949. The van der Waals surface area contributed by atoms with Crippen LogP contribution in [0.4, 0.5) is 0 Å². The molecule has 1 heterocycles. The number of para-hydroxylation sites is 2. The summed E-state index contributed by atoms with van der Waals surface area (Å²) in [5, 5.41) is 9.70. The Labute approximate surface area is 93.6 Å². The number of hydrogen-bond donors (Lipinski definition) is 2. The van der Waals surface area contributed by atoms with Crippen molar-refractivity contribution in [2.45, 2.75) is 12.8 Å². The molecule has 1 aromatic carbocycles. The lowest BCUT2D eigenvalue weighted by molar-refractivity contribution is 0.441. The lowest BCUT2D eigenvalue weighted by Gasteiger charge is -2.09. The Morgan fingerprint density at radius 3 is 2.47 bits per heavy atom. The number of rotatable bonds is 2. The van der Waals surface area contributed by atoms with Crippen molar-refractivity contribution < 1.29 is 5.11 Å². The first kappa shape index (κ1) is 10.2. The maximum absolute atomic E-state index is 9.70. The van der Waals surface area contributed by atoms with E-state index in [0.29, 0.717) is 17.0 Å². The molecule has 0 radical (unpaired) electrons. The highest BCUT2D eigenvalue weighted by Crippen LogP contribution is 2.24. The molecule has 0 saturated carbocycles. The molecule has 15 heavy (non-hydrogen) atoms. The third-order valence-corrected chi connectivity index (χ3v) is 2.87. The van der Waals surface area contributed by atoms with Crippen molar-refractivity contribution in [1.82, 2.24) is 9.97 Å². The Balaban J connectivity index is 2.61. The number of thiol groups is 1. The third-order valence-electron chi connectivity index (χ3n) is 2.32. The molecule has 1 unspecified atom stereocenters. The monoisotopic (exact) mass is 220 g/mol. The molecule has 78 valence electrons. The molecular formula is C11H12N2OS. The minimum absolute atomic E-state index is 0.00949. The highest BCUT2D eigenvalue weighted by molar-refractivity contribution is 7.80. The van der Waals surface area contributed by atoms with Crippen molar-refractivity contribution in [3.63, 3.8) is 0 Å². The second-order valence-electron chi connectivity index (χ2n) is 3.50. The molecule has 3 nitrogen and oxygen atoms in total. The molecule has 0 saturated heterocycles. The zero-order valence-electron chi connectivity index (χ0n) is 8.38. The molecule has 0 aliphatic heterocycles. The molecule has 0 bridgehead atoms. The van der Waals surface area contributed by atoms with E-state index >= 15 is 0 Å². The summed E-state index contributed by atoms with van der Waals surface area (Å²) in [7, 11) is 0. The van der Waals surface area contributed by atoms with E-state index in [1.807, 2.05) is 31.2 Å². The van der Waals surface area contributed by atoms with Gasteiger partial charge in [-0.3, -0.25) is 0 Å². The van der Waals surface area contributed by atoms with E-state index in [-0.39, 0.29) is 11.8 Å². The average molecular weight is 220 g/mol. The van der Waals surface area contributed by atoms with Gasteiger partial charge in [-0.15, -0.1) is 0 Å². The summed E-state index contributed by atoms with van der Waals surface area (Å²) in [6, 6.07) is 7.50. The molecule has 2 rings (SSSR count). The predicted molar refractivity (Wildman–Crippen MR) is 63.5 cm³/mol. The molecule has 0 aliphatic carbocycles. The van der Waals surface area contributed by atoms with Gasteiger partial charge in [0.25, 0.3) is 0 Å². The number of aromatic nitrogens is 2. The van der Waals surface area contributed by atoms with Gasteiger partial charge >= 0.3 is 0 Å². The maximum atomic E-state index is 9.70.